The van der Waals surface area contributed by atoms with Gasteiger partial charge in [0.2, 0.25) is 0 Å². The van der Waals surface area contributed by atoms with Crippen molar-refractivity contribution >= 4 is 43.1 Å². The molecule has 0 amide bonds. The van der Waals surface area contributed by atoms with Crippen molar-refractivity contribution in [1.29, 1.82) is 0 Å². The molecule has 3 aromatic heterocycles. The van der Waals surface area contributed by atoms with E-state index in [1.165, 1.54) is 16.2 Å². The average Bonchev–Trinajstić information content (AvgIpc) is 3.23. The van der Waals surface area contributed by atoms with Crippen LogP contribution in [0.4, 0.5) is 0 Å². The van der Waals surface area contributed by atoms with Crippen molar-refractivity contribution in [2.45, 2.75) is 0 Å². The maximum Gasteiger partial charge on any atom is 0.182 e. The maximum atomic E-state index is 5.38. The van der Waals surface area contributed by atoms with Crippen LogP contribution in [0.5, 0.6) is 0 Å². The number of hydrogen-bond donors (Lipinski definition) is 0. The molecule has 242 valence electrons. The predicted octanol–water partition coefficient (Wildman–Crippen LogP) is 11.0. The number of nitrogens with zero attached hydrogens (tertiary/aromatic N) is 6. The molecule has 0 bridgehead atoms. The van der Waals surface area contributed by atoms with Gasteiger partial charge < -0.3 is 0 Å². The van der Waals surface area contributed by atoms with Crippen LogP contribution in [0, 0.1) is 0 Å². The van der Waals surface area contributed by atoms with Crippen molar-refractivity contribution in [1.82, 2.24) is 29.9 Å². The predicted molar refractivity (Wildman–Crippen MR) is 210 cm³/mol. The molecule has 0 saturated heterocycles. The van der Waals surface area contributed by atoms with Crippen LogP contribution in [0.3, 0.4) is 0 Å². The van der Waals surface area contributed by atoms with E-state index in [1.807, 2.05) is 48.5 Å². The summed E-state index contributed by atoms with van der Waals surface area (Å²) in [7, 11) is 0. The van der Waals surface area contributed by atoms with Crippen LogP contribution >= 0.6 is 0 Å². The van der Waals surface area contributed by atoms with Gasteiger partial charge in [0.1, 0.15) is 5.69 Å². The number of fused-ring (bicyclic) bond motifs is 6. The Morgan fingerprint density at radius 1 is 0.308 bits per heavy atom. The molecule has 0 aliphatic rings. The highest BCUT2D eigenvalue weighted by molar-refractivity contribution is 6.15. The molecule has 7 aromatic carbocycles. The summed E-state index contributed by atoms with van der Waals surface area (Å²) in [5, 5.41) is 9.13. The highest BCUT2D eigenvalue weighted by Gasteiger charge is 2.20. The second-order valence-electron chi connectivity index (χ2n) is 12.8. The zero-order chi connectivity index (χ0) is 34.4. The van der Waals surface area contributed by atoms with Crippen molar-refractivity contribution in [2.75, 3.05) is 0 Å². The molecule has 0 N–H and O–H groups in total. The lowest BCUT2D eigenvalue weighted by Gasteiger charge is -2.15. The number of benzene rings is 7. The highest BCUT2D eigenvalue weighted by Crippen LogP contribution is 2.39. The molecule has 10 aromatic rings. The Balaban J connectivity index is 1.30. The van der Waals surface area contributed by atoms with Gasteiger partial charge in [-0.25, -0.2) is 24.9 Å². The first kappa shape index (κ1) is 29.7. The maximum absolute atomic E-state index is 5.38. The Labute approximate surface area is 299 Å². The SMILES string of the molecule is c1ccc(-c2nc(-c3cccnc3)nc(-c3cc(-c4cc5ccccc5c5ccccc45)nc(-c4cc5ccccc5c5ccccc45)n3)n2)cc1. The fourth-order valence-corrected chi connectivity index (χ4v) is 7.16. The summed E-state index contributed by atoms with van der Waals surface area (Å²) in [5.41, 5.74) is 5.00. The van der Waals surface area contributed by atoms with Gasteiger partial charge >= 0.3 is 0 Å². The first-order valence-electron chi connectivity index (χ1n) is 17.2. The van der Waals surface area contributed by atoms with Crippen molar-refractivity contribution < 1.29 is 0 Å². The van der Waals surface area contributed by atoms with Crippen molar-refractivity contribution in [3.05, 3.63) is 170 Å². The lowest BCUT2D eigenvalue weighted by atomic mass is 9.94. The van der Waals surface area contributed by atoms with Crippen molar-refractivity contribution in [2.24, 2.45) is 0 Å². The minimum atomic E-state index is 0.452. The lowest BCUT2D eigenvalue weighted by Crippen LogP contribution is -2.03. The van der Waals surface area contributed by atoms with E-state index in [0.29, 0.717) is 29.0 Å². The van der Waals surface area contributed by atoms with Gasteiger partial charge in [0.15, 0.2) is 23.3 Å². The van der Waals surface area contributed by atoms with Gasteiger partial charge in [0, 0.05) is 34.6 Å². The topological polar surface area (TPSA) is 77.3 Å². The Morgan fingerprint density at radius 2 is 0.808 bits per heavy atom. The monoisotopic (exact) mass is 664 g/mol. The molecule has 0 unspecified atom stereocenters. The van der Waals surface area contributed by atoms with Crippen LogP contribution in [0.15, 0.2) is 170 Å². The van der Waals surface area contributed by atoms with Crippen LogP contribution in [-0.2, 0) is 0 Å². The van der Waals surface area contributed by atoms with E-state index in [1.54, 1.807) is 12.4 Å². The molecule has 0 aliphatic carbocycles. The van der Waals surface area contributed by atoms with Gasteiger partial charge in [0.05, 0.1) is 5.69 Å². The standard InChI is InChI=1S/C46H28N6/c1-2-13-29(14-3-1)43-50-44(32-17-12-24-47-28-32)52-46(51-43)42-27-41(39-25-30-15-4-6-18-33(30)35-20-8-10-22-37(35)39)48-45(49-42)40-26-31-16-5-7-19-34(31)36-21-9-11-23-38(36)40/h1-28H. The lowest BCUT2D eigenvalue weighted by molar-refractivity contribution is 1.05. The van der Waals surface area contributed by atoms with E-state index in [0.717, 1.165) is 54.9 Å². The minimum Gasteiger partial charge on any atom is -0.264 e. The molecule has 0 atom stereocenters. The smallest absolute Gasteiger partial charge is 0.182 e. The van der Waals surface area contributed by atoms with Crippen LogP contribution in [0.25, 0.3) is 100 Å². The van der Waals surface area contributed by atoms with Gasteiger partial charge in [-0.2, -0.15) is 0 Å². The molecule has 10 rings (SSSR count). The molecular weight excluding hydrogens is 637 g/mol. The number of hydrogen-bond acceptors (Lipinski definition) is 6. The summed E-state index contributed by atoms with van der Waals surface area (Å²) in [6.07, 6.45) is 3.52. The highest BCUT2D eigenvalue weighted by atomic mass is 15.1. The molecule has 3 heterocycles. The van der Waals surface area contributed by atoms with Crippen LogP contribution in [-0.4, -0.2) is 29.9 Å². The van der Waals surface area contributed by atoms with E-state index in [2.05, 4.69) is 114 Å². The second-order valence-corrected chi connectivity index (χ2v) is 12.8. The Morgan fingerprint density at radius 3 is 1.46 bits per heavy atom. The molecule has 0 spiro atoms. The van der Waals surface area contributed by atoms with E-state index < -0.39 is 0 Å². The zero-order valence-electron chi connectivity index (χ0n) is 27.8. The summed E-state index contributed by atoms with van der Waals surface area (Å²) >= 11 is 0. The number of aromatic nitrogens is 6. The minimum absolute atomic E-state index is 0.452. The van der Waals surface area contributed by atoms with Crippen molar-refractivity contribution in [3.8, 4) is 56.9 Å². The van der Waals surface area contributed by atoms with Crippen LogP contribution in [0.1, 0.15) is 0 Å². The van der Waals surface area contributed by atoms with E-state index in [4.69, 9.17) is 24.9 Å². The molecular formula is C46H28N6. The first-order valence-corrected chi connectivity index (χ1v) is 17.2. The Bertz CT molecular complexity index is 2770. The summed E-state index contributed by atoms with van der Waals surface area (Å²) in [4.78, 5) is 30.0. The normalized spacial score (nSPS) is 11.5. The van der Waals surface area contributed by atoms with E-state index in [-0.39, 0.29) is 0 Å². The third-order valence-electron chi connectivity index (χ3n) is 9.60. The first-order chi connectivity index (χ1) is 25.8. The van der Waals surface area contributed by atoms with Gasteiger partial charge in [-0.15, -0.1) is 0 Å². The molecule has 0 aliphatic heterocycles. The summed E-state index contributed by atoms with van der Waals surface area (Å²) < 4.78 is 0. The third kappa shape index (κ3) is 5.13. The summed E-state index contributed by atoms with van der Waals surface area (Å²) in [5.74, 6) is 2.12. The molecule has 52 heavy (non-hydrogen) atoms. The summed E-state index contributed by atoms with van der Waals surface area (Å²) in [6, 6.07) is 54.2. The Hall–Kier alpha value is -7.18. The zero-order valence-corrected chi connectivity index (χ0v) is 27.8. The fourth-order valence-electron chi connectivity index (χ4n) is 7.16. The summed E-state index contributed by atoms with van der Waals surface area (Å²) in [6.45, 7) is 0. The molecule has 0 fully saturated rings. The van der Waals surface area contributed by atoms with Gasteiger partial charge in [-0.05, 0) is 73.4 Å². The second kappa shape index (κ2) is 12.3. The number of pyridine rings is 1. The fraction of sp³-hybridized carbons (Fsp3) is 0. The molecule has 6 nitrogen and oxygen atoms in total. The van der Waals surface area contributed by atoms with Crippen LogP contribution < -0.4 is 0 Å². The third-order valence-corrected chi connectivity index (χ3v) is 9.60. The van der Waals surface area contributed by atoms with Gasteiger partial charge in [-0.1, -0.05) is 127 Å². The Kier molecular flexibility index (Phi) is 7.03. The van der Waals surface area contributed by atoms with Gasteiger partial charge in [0.25, 0.3) is 0 Å². The van der Waals surface area contributed by atoms with Crippen molar-refractivity contribution in [3.63, 3.8) is 0 Å². The van der Waals surface area contributed by atoms with Crippen LogP contribution in [0.2, 0.25) is 0 Å². The quantitative estimate of drug-likeness (QED) is 0.170. The van der Waals surface area contributed by atoms with E-state index in [9.17, 15) is 0 Å². The largest absolute Gasteiger partial charge is 0.264 e. The number of rotatable bonds is 5. The van der Waals surface area contributed by atoms with E-state index >= 15 is 0 Å². The molecule has 0 radical (unpaired) electrons. The molecule has 0 saturated carbocycles. The average molecular weight is 665 g/mol. The van der Waals surface area contributed by atoms with Gasteiger partial charge in [-0.3, -0.25) is 4.98 Å². The molecule has 6 heteroatoms.